The molecule has 3 nitrogen and oxygen atoms in total. The van der Waals surface area contributed by atoms with Crippen molar-refractivity contribution in [1.29, 1.82) is 0 Å². The van der Waals surface area contributed by atoms with Crippen LogP contribution < -0.4 is 10.6 Å². The molecule has 1 aromatic carbocycles. The Morgan fingerprint density at radius 3 is 2.52 bits per heavy atom. The predicted molar refractivity (Wildman–Crippen MR) is 101 cm³/mol. The molecule has 0 radical (unpaired) electrons. The molecular weight excluding hydrogens is 328 g/mol. The molecule has 1 aromatic rings. The predicted octanol–water partition coefficient (Wildman–Crippen LogP) is 4.47. The minimum atomic E-state index is 0. The zero-order chi connectivity index (χ0) is 15.4. The molecule has 1 saturated carbocycles. The molecule has 2 fully saturated rings. The van der Waals surface area contributed by atoms with Gasteiger partial charge in [-0.3, -0.25) is 4.79 Å². The number of rotatable bonds is 4. The number of anilines is 1. The van der Waals surface area contributed by atoms with E-state index in [-0.39, 0.29) is 24.2 Å². The lowest BCUT2D eigenvalue weighted by Crippen LogP contribution is -2.40. The van der Waals surface area contributed by atoms with Crippen LogP contribution in [0, 0.1) is 5.92 Å². The molecule has 3 rings (SSSR count). The fraction of sp³-hybridized carbons (Fsp3) is 0.611. The standard InChI is InChI=1S/C18H26N2OS.ClH/c1-13-12-14(10-11-19-13)18(21)20-15-6-8-17(9-7-15)22-16-4-2-3-5-16;/h6-9,13-14,16,19H,2-5,10-12H2,1H3,(H,20,21);1H/t13-,14-;/m0./s1. The number of nitrogens with one attached hydrogen (secondary N) is 2. The van der Waals surface area contributed by atoms with Crippen molar-refractivity contribution in [2.75, 3.05) is 11.9 Å². The summed E-state index contributed by atoms with van der Waals surface area (Å²) in [6, 6.07) is 8.81. The first-order valence-electron chi connectivity index (χ1n) is 8.51. The maximum absolute atomic E-state index is 12.3. The number of hydrogen-bond donors (Lipinski definition) is 2. The van der Waals surface area contributed by atoms with Gasteiger partial charge in [-0.2, -0.15) is 0 Å². The van der Waals surface area contributed by atoms with E-state index < -0.39 is 0 Å². The van der Waals surface area contributed by atoms with Gasteiger partial charge in [0.25, 0.3) is 0 Å². The zero-order valence-electron chi connectivity index (χ0n) is 13.7. The first-order valence-corrected chi connectivity index (χ1v) is 9.39. The number of carbonyl (C=O) groups excluding carboxylic acids is 1. The Hall–Kier alpha value is -0.710. The van der Waals surface area contributed by atoms with E-state index in [9.17, 15) is 4.79 Å². The number of piperidine rings is 1. The molecule has 1 heterocycles. The van der Waals surface area contributed by atoms with Gasteiger partial charge in [-0.15, -0.1) is 24.2 Å². The summed E-state index contributed by atoms with van der Waals surface area (Å²) in [6.45, 7) is 3.09. The van der Waals surface area contributed by atoms with E-state index in [1.54, 1.807) is 0 Å². The summed E-state index contributed by atoms with van der Waals surface area (Å²) < 4.78 is 0. The molecule has 0 unspecified atom stereocenters. The van der Waals surface area contributed by atoms with Crippen LogP contribution in [0.3, 0.4) is 0 Å². The first kappa shape index (κ1) is 18.6. The van der Waals surface area contributed by atoms with Crippen molar-refractivity contribution in [2.45, 2.75) is 61.6 Å². The maximum atomic E-state index is 12.3. The van der Waals surface area contributed by atoms with Crippen LogP contribution in [0.2, 0.25) is 0 Å². The Morgan fingerprint density at radius 1 is 1.17 bits per heavy atom. The molecule has 2 N–H and O–H groups in total. The second kappa shape index (κ2) is 8.95. The highest BCUT2D eigenvalue weighted by molar-refractivity contribution is 8.00. The lowest BCUT2D eigenvalue weighted by Gasteiger charge is -2.27. The highest BCUT2D eigenvalue weighted by Gasteiger charge is 2.24. The molecule has 1 aliphatic carbocycles. The van der Waals surface area contributed by atoms with Crippen LogP contribution in [0.15, 0.2) is 29.2 Å². The van der Waals surface area contributed by atoms with E-state index in [1.807, 2.05) is 23.9 Å². The van der Waals surface area contributed by atoms with E-state index in [2.05, 4.69) is 29.7 Å². The number of carbonyl (C=O) groups is 1. The number of hydrogen-bond acceptors (Lipinski definition) is 3. The molecule has 0 spiro atoms. The van der Waals surface area contributed by atoms with Crippen LogP contribution in [0.25, 0.3) is 0 Å². The van der Waals surface area contributed by atoms with E-state index in [0.29, 0.717) is 6.04 Å². The minimum absolute atomic E-state index is 0. The number of halogens is 1. The van der Waals surface area contributed by atoms with Crippen LogP contribution in [-0.4, -0.2) is 23.7 Å². The zero-order valence-corrected chi connectivity index (χ0v) is 15.3. The molecule has 23 heavy (non-hydrogen) atoms. The van der Waals surface area contributed by atoms with Crippen LogP contribution in [0.1, 0.15) is 45.4 Å². The fourth-order valence-corrected chi connectivity index (χ4v) is 4.68. The molecule has 2 atom stereocenters. The Bertz CT molecular complexity index is 502. The van der Waals surface area contributed by atoms with Crippen LogP contribution >= 0.6 is 24.2 Å². The van der Waals surface area contributed by atoms with E-state index >= 15 is 0 Å². The lowest BCUT2D eigenvalue weighted by molar-refractivity contribution is -0.120. The Balaban J connectivity index is 0.00000192. The molecule has 1 aliphatic heterocycles. The van der Waals surface area contributed by atoms with Gasteiger partial charge < -0.3 is 10.6 Å². The largest absolute Gasteiger partial charge is 0.326 e. The molecular formula is C18H27ClN2OS. The smallest absolute Gasteiger partial charge is 0.227 e. The second-order valence-electron chi connectivity index (χ2n) is 6.61. The van der Waals surface area contributed by atoms with Crippen LogP contribution in [0.4, 0.5) is 5.69 Å². The summed E-state index contributed by atoms with van der Waals surface area (Å²) >= 11 is 1.99. The lowest BCUT2D eigenvalue weighted by atomic mass is 9.92. The highest BCUT2D eigenvalue weighted by atomic mass is 35.5. The monoisotopic (exact) mass is 354 g/mol. The summed E-state index contributed by atoms with van der Waals surface area (Å²) in [6.07, 6.45) is 7.31. The Morgan fingerprint density at radius 2 is 1.87 bits per heavy atom. The number of amides is 1. The third-order valence-corrected chi connectivity index (χ3v) is 6.07. The van der Waals surface area contributed by atoms with Gasteiger partial charge in [0.1, 0.15) is 0 Å². The Labute approximate surface area is 149 Å². The molecule has 2 aliphatic rings. The van der Waals surface area contributed by atoms with Crippen molar-refractivity contribution < 1.29 is 4.79 Å². The topological polar surface area (TPSA) is 41.1 Å². The molecule has 0 bridgehead atoms. The Kier molecular flexibility index (Phi) is 7.25. The first-order chi connectivity index (χ1) is 10.7. The molecule has 5 heteroatoms. The van der Waals surface area contributed by atoms with Gasteiger partial charge >= 0.3 is 0 Å². The molecule has 0 aromatic heterocycles. The normalized spacial score (nSPS) is 24.9. The van der Waals surface area contributed by atoms with E-state index in [1.165, 1.54) is 30.6 Å². The fourth-order valence-electron chi connectivity index (χ4n) is 3.43. The summed E-state index contributed by atoms with van der Waals surface area (Å²) in [5, 5.41) is 7.26. The SMILES string of the molecule is C[C@H]1C[C@@H](C(=O)Nc2ccc(SC3CCCC3)cc2)CCN1.Cl. The number of thioether (sulfide) groups is 1. The summed E-state index contributed by atoms with van der Waals surface area (Å²) in [5.74, 6) is 0.313. The summed E-state index contributed by atoms with van der Waals surface area (Å²) in [4.78, 5) is 13.7. The third kappa shape index (κ3) is 5.40. The van der Waals surface area contributed by atoms with Gasteiger partial charge in [-0.25, -0.2) is 0 Å². The molecule has 1 saturated heterocycles. The van der Waals surface area contributed by atoms with Gasteiger partial charge in [0, 0.05) is 27.8 Å². The molecule has 1 amide bonds. The van der Waals surface area contributed by atoms with Crippen molar-refractivity contribution in [3.05, 3.63) is 24.3 Å². The quantitative estimate of drug-likeness (QED) is 0.838. The van der Waals surface area contributed by atoms with Gasteiger partial charge in [0.15, 0.2) is 0 Å². The van der Waals surface area contributed by atoms with Crippen molar-refractivity contribution >= 4 is 35.8 Å². The van der Waals surface area contributed by atoms with E-state index in [4.69, 9.17) is 0 Å². The van der Waals surface area contributed by atoms with Gasteiger partial charge in [0.05, 0.1) is 0 Å². The average molecular weight is 355 g/mol. The van der Waals surface area contributed by atoms with Gasteiger partial charge in [-0.05, 0) is 63.4 Å². The molecule has 128 valence electrons. The van der Waals surface area contributed by atoms with Crippen molar-refractivity contribution in [2.24, 2.45) is 5.92 Å². The van der Waals surface area contributed by atoms with Gasteiger partial charge in [-0.1, -0.05) is 12.8 Å². The van der Waals surface area contributed by atoms with E-state index in [0.717, 1.165) is 30.3 Å². The second-order valence-corrected chi connectivity index (χ2v) is 7.99. The van der Waals surface area contributed by atoms with Crippen molar-refractivity contribution in [3.8, 4) is 0 Å². The third-order valence-electron chi connectivity index (χ3n) is 4.72. The highest BCUT2D eigenvalue weighted by Crippen LogP contribution is 2.35. The minimum Gasteiger partial charge on any atom is -0.326 e. The average Bonchev–Trinajstić information content (AvgIpc) is 3.02. The van der Waals surface area contributed by atoms with Crippen LogP contribution in [0.5, 0.6) is 0 Å². The van der Waals surface area contributed by atoms with Crippen LogP contribution in [-0.2, 0) is 4.79 Å². The maximum Gasteiger partial charge on any atom is 0.227 e. The summed E-state index contributed by atoms with van der Waals surface area (Å²) in [7, 11) is 0. The van der Waals surface area contributed by atoms with Crippen molar-refractivity contribution in [3.63, 3.8) is 0 Å². The number of benzene rings is 1. The summed E-state index contributed by atoms with van der Waals surface area (Å²) in [5.41, 5.74) is 0.923. The van der Waals surface area contributed by atoms with Gasteiger partial charge in [0.2, 0.25) is 5.91 Å². The van der Waals surface area contributed by atoms with Crippen molar-refractivity contribution in [1.82, 2.24) is 5.32 Å².